The van der Waals surface area contributed by atoms with Crippen LogP contribution in [0.25, 0.3) is 0 Å². The molecule has 0 N–H and O–H groups in total. The van der Waals surface area contributed by atoms with Crippen molar-refractivity contribution in [3.8, 4) is 17.2 Å². The van der Waals surface area contributed by atoms with Gasteiger partial charge in [-0.15, -0.1) is 0 Å². The molecule has 0 aliphatic rings. The third-order valence-electron chi connectivity index (χ3n) is 5.31. The van der Waals surface area contributed by atoms with Crippen LogP contribution in [0.2, 0.25) is 5.02 Å². The molecular formula is C26H31ClNO5P. The van der Waals surface area contributed by atoms with Gasteiger partial charge in [-0.25, -0.2) is 4.67 Å². The monoisotopic (exact) mass is 503 g/mol. The van der Waals surface area contributed by atoms with E-state index in [0.717, 1.165) is 28.2 Å². The van der Waals surface area contributed by atoms with Gasteiger partial charge < -0.3 is 18.7 Å². The van der Waals surface area contributed by atoms with Gasteiger partial charge in [0.15, 0.2) is 0 Å². The highest BCUT2D eigenvalue weighted by molar-refractivity contribution is 7.56. The Labute approximate surface area is 206 Å². The van der Waals surface area contributed by atoms with Crippen molar-refractivity contribution in [2.45, 2.75) is 19.9 Å². The number of nitrogens with zero attached hydrogens (tertiary/aromatic N) is 1. The predicted octanol–water partition coefficient (Wildman–Crippen LogP) is 6.59. The first kappa shape index (κ1) is 26.1. The molecule has 3 rings (SSSR count). The summed E-state index contributed by atoms with van der Waals surface area (Å²) in [6.45, 7) is 2.79. The number of ether oxygens (including phenoxy) is 3. The van der Waals surface area contributed by atoms with Crippen LogP contribution in [-0.2, 0) is 22.3 Å². The Morgan fingerprint density at radius 2 is 1.68 bits per heavy atom. The highest BCUT2D eigenvalue weighted by Gasteiger charge is 2.34. The summed E-state index contributed by atoms with van der Waals surface area (Å²) >= 11 is 6.31. The number of methoxy groups -OCH3 is 3. The van der Waals surface area contributed by atoms with E-state index in [0.29, 0.717) is 30.3 Å². The van der Waals surface area contributed by atoms with Crippen molar-refractivity contribution in [1.29, 1.82) is 0 Å². The molecule has 0 amide bonds. The van der Waals surface area contributed by atoms with E-state index in [1.165, 1.54) is 7.11 Å². The zero-order valence-corrected chi connectivity index (χ0v) is 21.6. The Hall–Kier alpha value is -2.50. The van der Waals surface area contributed by atoms with Crippen molar-refractivity contribution in [3.05, 3.63) is 88.4 Å². The number of hydrogen-bond acceptors (Lipinski definition) is 5. The van der Waals surface area contributed by atoms with Crippen LogP contribution in [0.5, 0.6) is 17.2 Å². The van der Waals surface area contributed by atoms with Gasteiger partial charge in [-0.05, 0) is 72.5 Å². The molecule has 3 aromatic carbocycles. The van der Waals surface area contributed by atoms with Crippen molar-refractivity contribution in [2.75, 3.05) is 34.2 Å². The van der Waals surface area contributed by atoms with Gasteiger partial charge in [0, 0.05) is 25.2 Å². The lowest BCUT2D eigenvalue weighted by molar-refractivity contribution is 0.219. The highest BCUT2D eigenvalue weighted by Crippen LogP contribution is 2.51. The second-order valence-corrected chi connectivity index (χ2v) is 10.6. The molecule has 0 heterocycles. The normalized spacial score (nSPS) is 12.9. The minimum absolute atomic E-state index is 0.0588. The predicted molar refractivity (Wildman–Crippen MR) is 136 cm³/mol. The molecule has 0 radical (unpaired) electrons. The molecule has 0 aromatic heterocycles. The lowest BCUT2D eigenvalue weighted by atomic mass is 10.1. The van der Waals surface area contributed by atoms with E-state index in [1.54, 1.807) is 26.4 Å². The average molecular weight is 504 g/mol. The molecule has 3 aromatic rings. The summed E-state index contributed by atoms with van der Waals surface area (Å²) in [6, 6.07) is 20.6. The summed E-state index contributed by atoms with van der Waals surface area (Å²) in [5, 5.41) is 0.634. The number of benzene rings is 3. The molecule has 0 aliphatic heterocycles. The van der Waals surface area contributed by atoms with Crippen molar-refractivity contribution in [3.63, 3.8) is 0 Å². The second-order valence-electron chi connectivity index (χ2n) is 7.91. The molecule has 182 valence electrons. The Morgan fingerprint density at radius 1 is 0.912 bits per heavy atom. The molecule has 34 heavy (non-hydrogen) atoms. The fraction of sp³-hybridized carbons (Fsp3) is 0.308. The maximum absolute atomic E-state index is 14.2. The third kappa shape index (κ3) is 7.00. The van der Waals surface area contributed by atoms with Gasteiger partial charge >= 0.3 is 7.52 Å². The molecule has 0 aliphatic carbocycles. The number of rotatable bonds is 12. The molecule has 1 unspecified atom stereocenters. The smallest absolute Gasteiger partial charge is 0.344 e. The fourth-order valence-electron chi connectivity index (χ4n) is 3.75. The van der Waals surface area contributed by atoms with E-state index in [9.17, 15) is 4.57 Å². The minimum Gasteiger partial charge on any atom is -0.497 e. The highest BCUT2D eigenvalue weighted by atomic mass is 35.5. The van der Waals surface area contributed by atoms with Crippen LogP contribution in [0, 0.1) is 6.92 Å². The first-order valence-corrected chi connectivity index (χ1v) is 13.1. The summed E-state index contributed by atoms with van der Waals surface area (Å²) in [5.74, 6) is 1.99. The quantitative estimate of drug-likeness (QED) is 0.260. The largest absolute Gasteiger partial charge is 0.497 e. The van der Waals surface area contributed by atoms with Gasteiger partial charge in [-0.1, -0.05) is 35.9 Å². The van der Waals surface area contributed by atoms with Crippen molar-refractivity contribution in [1.82, 2.24) is 4.67 Å². The van der Waals surface area contributed by atoms with Crippen LogP contribution >= 0.6 is 19.1 Å². The lowest BCUT2D eigenvalue weighted by Gasteiger charge is -2.31. The zero-order chi connectivity index (χ0) is 24.6. The van der Waals surface area contributed by atoms with E-state index in [4.69, 9.17) is 30.3 Å². The molecule has 6 nitrogen and oxygen atoms in total. The van der Waals surface area contributed by atoms with E-state index in [1.807, 2.05) is 66.2 Å². The summed E-state index contributed by atoms with van der Waals surface area (Å²) in [5.41, 5.74) is 2.91. The molecule has 0 saturated heterocycles. The van der Waals surface area contributed by atoms with Gasteiger partial charge in [0.1, 0.15) is 23.6 Å². The Bertz CT molecular complexity index is 1110. The summed E-state index contributed by atoms with van der Waals surface area (Å²) in [7, 11) is 1.35. The maximum atomic E-state index is 14.2. The molecule has 1 atom stereocenters. The van der Waals surface area contributed by atoms with Crippen LogP contribution in [-0.4, -0.2) is 38.9 Å². The molecule has 0 bridgehead atoms. The van der Waals surface area contributed by atoms with Crippen molar-refractivity contribution in [2.24, 2.45) is 0 Å². The van der Waals surface area contributed by atoms with Gasteiger partial charge in [0.05, 0.1) is 14.2 Å². The zero-order valence-electron chi connectivity index (χ0n) is 20.0. The maximum Gasteiger partial charge on any atom is 0.344 e. The van der Waals surface area contributed by atoms with Crippen LogP contribution in [0.3, 0.4) is 0 Å². The molecule has 0 fully saturated rings. The van der Waals surface area contributed by atoms with Crippen LogP contribution < -0.4 is 14.0 Å². The van der Waals surface area contributed by atoms with Crippen molar-refractivity contribution >= 4 is 19.1 Å². The Morgan fingerprint density at radius 3 is 2.32 bits per heavy atom. The summed E-state index contributed by atoms with van der Waals surface area (Å²) in [4.78, 5) is 0. The number of aryl methyl sites for hydroxylation is 1. The lowest BCUT2D eigenvalue weighted by Crippen LogP contribution is -2.27. The van der Waals surface area contributed by atoms with E-state index in [-0.39, 0.29) is 6.35 Å². The molecule has 8 heteroatoms. The molecule has 0 spiro atoms. The SMILES string of the molecule is COCP(=O)(Oc1ccccc1)N(CCc1cc(OC)ccc1OC)Cc1cc(C)cc(Cl)c1. The number of hydrogen-bond donors (Lipinski definition) is 0. The molecule has 0 saturated carbocycles. The van der Waals surface area contributed by atoms with Crippen LogP contribution in [0.15, 0.2) is 66.7 Å². The van der Waals surface area contributed by atoms with Crippen LogP contribution in [0.1, 0.15) is 16.7 Å². The van der Waals surface area contributed by atoms with Crippen molar-refractivity contribution < 1.29 is 23.3 Å². The number of para-hydroxylation sites is 1. The summed E-state index contributed by atoms with van der Waals surface area (Å²) in [6.07, 6.45) is 0.502. The first-order chi connectivity index (χ1) is 16.4. The first-order valence-electron chi connectivity index (χ1n) is 10.9. The topological polar surface area (TPSA) is 57.2 Å². The Kier molecular flexibility index (Phi) is 9.43. The third-order valence-corrected chi connectivity index (χ3v) is 7.81. The Balaban J connectivity index is 1.96. The second kappa shape index (κ2) is 12.3. The van der Waals surface area contributed by atoms with Gasteiger partial charge in [-0.2, -0.15) is 0 Å². The average Bonchev–Trinajstić information content (AvgIpc) is 2.81. The van der Waals surface area contributed by atoms with Gasteiger partial charge in [0.2, 0.25) is 0 Å². The number of halogens is 1. The van der Waals surface area contributed by atoms with Gasteiger partial charge in [-0.3, -0.25) is 4.57 Å². The van der Waals surface area contributed by atoms with E-state index in [2.05, 4.69) is 0 Å². The van der Waals surface area contributed by atoms with E-state index >= 15 is 0 Å². The summed E-state index contributed by atoms with van der Waals surface area (Å²) < 4.78 is 38.5. The van der Waals surface area contributed by atoms with Crippen LogP contribution in [0.4, 0.5) is 0 Å². The molecular weight excluding hydrogens is 473 g/mol. The van der Waals surface area contributed by atoms with Gasteiger partial charge in [0.25, 0.3) is 0 Å². The standard InChI is InChI=1S/C26H31ClNO5P/c1-20-14-21(16-23(27)15-20)18-28(13-12-22-17-25(31-3)10-11-26(22)32-4)34(29,19-30-2)33-24-8-6-5-7-9-24/h5-11,14-17H,12-13,18-19H2,1-4H3. The fourth-order valence-corrected chi connectivity index (χ4v) is 5.96. The minimum atomic E-state index is -3.43. The van der Waals surface area contributed by atoms with E-state index < -0.39 is 7.52 Å².